The Balaban J connectivity index is 1.85. The van der Waals surface area contributed by atoms with Crippen molar-refractivity contribution in [3.8, 4) is 10.4 Å². The Morgan fingerprint density at radius 1 is 1.12 bits per heavy atom. The number of aliphatic carboxylic acids is 1. The van der Waals surface area contributed by atoms with Crippen LogP contribution in [-0.2, 0) is 20.2 Å². The molecular weight excluding hydrogens is 462 g/mol. The van der Waals surface area contributed by atoms with Gasteiger partial charge in [-0.05, 0) is 62.3 Å². The fraction of sp³-hybridized carbons (Fsp3) is 0.522. The first-order chi connectivity index (χ1) is 15.1. The van der Waals surface area contributed by atoms with Crippen molar-refractivity contribution in [1.82, 2.24) is 15.0 Å². The van der Waals surface area contributed by atoms with Crippen LogP contribution in [0.3, 0.4) is 0 Å². The molecule has 1 aromatic heterocycles. The number of nitrogens with zero attached hydrogens (tertiary/aromatic N) is 1. The van der Waals surface area contributed by atoms with Gasteiger partial charge in [0.05, 0.1) is 15.7 Å². The van der Waals surface area contributed by atoms with Crippen molar-refractivity contribution in [3.63, 3.8) is 0 Å². The van der Waals surface area contributed by atoms with Gasteiger partial charge in [0.1, 0.15) is 0 Å². The minimum Gasteiger partial charge on any atom is -0.481 e. The number of carboxylic acids is 1. The normalized spacial score (nSPS) is 19.1. The van der Waals surface area contributed by atoms with Crippen molar-refractivity contribution in [2.75, 3.05) is 0 Å². The van der Waals surface area contributed by atoms with Crippen LogP contribution in [0.25, 0.3) is 10.4 Å². The first kappa shape index (κ1) is 25.3. The molecule has 0 unspecified atom stereocenters. The number of nitrogens with one attached hydrogen (secondary N) is 2. The average Bonchev–Trinajstić information content (AvgIpc) is 3.11. The van der Waals surface area contributed by atoms with E-state index in [1.807, 2.05) is 26.8 Å². The molecule has 1 aliphatic rings. The minimum atomic E-state index is -3.73. The van der Waals surface area contributed by atoms with Crippen LogP contribution in [0.2, 0.25) is 0 Å². The van der Waals surface area contributed by atoms with Gasteiger partial charge in [-0.1, -0.05) is 26.8 Å². The van der Waals surface area contributed by atoms with Crippen LogP contribution < -0.4 is 10.0 Å². The molecule has 0 spiro atoms. The molecule has 10 heteroatoms. The number of carboxylic acid groups (broad SMARTS) is 1. The third-order valence-corrected chi connectivity index (χ3v) is 8.19. The predicted molar refractivity (Wildman–Crippen MR) is 128 cm³/mol. The van der Waals surface area contributed by atoms with E-state index in [-0.39, 0.29) is 21.9 Å². The molecule has 3 rings (SSSR count). The number of carbonyl (C=O) groups excluding carboxylic acids is 1. The number of aromatic nitrogens is 1. The monoisotopic (exact) mass is 493 g/mol. The minimum absolute atomic E-state index is 0.154. The van der Waals surface area contributed by atoms with Gasteiger partial charge in [0.25, 0.3) is 5.91 Å². The number of hydrogen-bond donors (Lipinski definition) is 3. The maximum atomic E-state index is 13.0. The van der Waals surface area contributed by atoms with E-state index in [1.54, 1.807) is 39.1 Å². The van der Waals surface area contributed by atoms with Gasteiger partial charge >= 0.3 is 5.97 Å². The maximum Gasteiger partial charge on any atom is 0.306 e. The third kappa shape index (κ3) is 5.99. The smallest absolute Gasteiger partial charge is 0.306 e. The molecule has 3 N–H and O–H groups in total. The molecule has 0 radical (unpaired) electrons. The van der Waals surface area contributed by atoms with Crippen LogP contribution in [0.15, 0.2) is 29.3 Å². The highest BCUT2D eigenvalue weighted by molar-refractivity contribution is 7.89. The van der Waals surface area contributed by atoms with Crippen molar-refractivity contribution < 1.29 is 23.1 Å². The van der Waals surface area contributed by atoms with Crippen LogP contribution in [0.4, 0.5) is 0 Å². The molecule has 180 valence electrons. The van der Waals surface area contributed by atoms with Gasteiger partial charge in [0.2, 0.25) is 10.0 Å². The number of hydrogen-bond acceptors (Lipinski definition) is 6. The molecule has 1 amide bonds. The van der Waals surface area contributed by atoms with Gasteiger partial charge in [-0.2, -0.15) is 0 Å². The SMILES string of the molecule is CC(C)(C)NS(=O)(=O)c1ccc(-c2cnc(C(=O)NC3CC(C(=O)O)C3)s2)cc1C(C)(C)C. The number of benzene rings is 1. The highest BCUT2D eigenvalue weighted by atomic mass is 32.2. The Hall–Kier alpha value is -2.30. The fourth-order valence-corrected chi connectivity index (χ4v) is 6.29. The van der Waals surface area contributed by atoms with Crippen molar-refractivity contribution in [2.24, 2.45) is 5.92 Å². The van der Waals surface area contributed by atoms with E-state index >= 15 is 0 Å². The van der Waals surface area contributed by atoms with Gasteiger partial charge < -0.3 is 10.4 Å². The van der Waals surface area contributed by atoms with Crippen LogP contribution in [0.5, 0.6) is 0 Å². The molecule has 0 aliphatic heterocycles. The third-order valence-electron chi connectivity index (χ3n) is 5.32. The molecule has 1 saturated carbocycles. The summed E-state index contributed by atoms with van der Waals surface area (Å²) in [6, 6.07) is 5.02. The summed E-state index contributed by atoms with van der Waals surface area (Å²) in [6.07, 6.45) is 2.45. The first-order valence-corrected chi connectivity index (χ1v) is 13.1. The number of carbonyl (C=O) groups is 2. The molecule has 1 aliphatic carbocycles. The molecule has 1 fully saturated rings. The summed E-state index contributed by atoms with van der Waals surface area (Å²) >= 11 is 1.22. The second kappa shape index (κ2) is 8.81. The van der Waals surface area contributed by atoms with Crippen LogP contribution >= 0.6 is 11.3 Å². The Morgan fingerprint density at radius 2 is 1.76 bits per heavy atom. The summed E-state index contributed by atoms with van der Waals surface area (Å²) in [5.74, 6) is -1.57. The van der Waals surface area contributed by atoms with E-state index in [0.29, 0.717) is 18.4 Å². The highest BCUT2D eigenvalue weighted by Crippen LogP contribution is 2.35. The quantitative estimate of drug-likeness (QED) is 0.562. The lowest BCUT2D eigenvalue weighted by molar-refractivity contribution is -0.145. The van der Waals surface area contributed by atoms with Crippen LogP contribution in [0.1, 0.15) is 69.7 Å². The van der Waals surface area contributed by atoms with Gasteiger partial charge in [-0.3, -0.25) is 9.59 Å². The molecule has 8 nitrogen and oxygen atoms in total. The topological polar surface area (TPSA) is 125 Å². The van der Waals surface area contributed by atoms with E-state index < -0.39 is 32.9 Å². The zero-order valence-electron chi connectivity index (χ0n) is 19.7. The molecule has 2 aromatic rings. The van der Waals surface area contributed by atoms with E-state index in [0.717, 1.165) is 10.4 Å². The van der Waals surface area contributed by atoms with Crippen molar-refractivity contribution in [3.05, 3.63) is 35.0 Å². The number of amides is 1. The number of rotatable bonds is 6. The number of thiazole rings is 1. The van der Waals surface area contributed by atoms with Gasteiger partial charge in [-0.25, -0.2) is 18.1 Å². The summed E-state index contributed by atoms with van der Waals surface area (Å²) in [5.41, 5.74) is 0.400. The largest absolute Gasteiger partial charge is 0.481 e. The fourth-order valence-electron chi connectivity index (χ4n) is 3.66. The molecule has 0 atom stereocenters. The molecule has 33 heavy (non-hydrogen) atoms. The summed E-state index contributed by atoms with van der Waals surface area (Å²) < 4.78 is 28.8. The molecular formula is C23H31N3O5S2. The van der Waals surface area contributed by atoms with E-state index in [4.69, 9.17) is 5.11 Å². The lowest BCUT2D eigenvalue weighted by atomic mass is 9.80. The second-order valence-electron chi connectivity index (χ2n) is 10.5. The Labute approximate surface area is 198 Å². The zero-order chi connectivity index (χ0) is 24.8. The number of sulfonamides is 1. The van der Waals surface area contributed by atoms with Gasteiger partial charge in [-0.15, -0.1) is 11.3 Å². The molecule has 0 bridgehead atoms. The average molecular weight is 494 g/mol. The van der Waals surface area contributed by atoms with Crippen LogP contribution in [-0.4, -0.2) is 42.0 Å². The Kier molecular flexibility index (Phi) is 6.76. The molecule has 1 heterocycles. The van der Waals surface area contributed by atoms with E-state index in [9.17, 15) is 18.0 Å². The van der Waals surface area contributed by atoms with Gasteiger partial charge in [0.15, 0.2) is 5.01 Å². The van der Waals surface area contributed by atoms with Crippen molar-refractivity contribution in [2.45, 2.75) is 76.3 Å². The molecule has 1 aromatic carbocycles. The molecule has 0 saturated heterocycles. The lowest BCUT2D eigenvalue weighted by Crippen LogP contribution is -2.46. The van der Waals surface area contributed by atoms with Gasteiger partial charge in [0, 0.05) is 17.8 Å². The van der Waals surface area contributed by atoms with Crippen molar-refractivity contribution in [1.29, 1.82) is 0 Å². The Morgan fingerprint density at radius 3 is 2.30 bits per heavy atom. The zero-order valence-corrected chi connectivity index (χ0v) is 21.4. The summed E-state index contributed by atoms with van der Waals surface area (Å²) in [6.45, 7) is 11.3. The van der Waals surface area contributed by atoms with Crippen LogP contribution in [0, 0.1) is 5.92 Å². The summed E-state index contributed by atoms with van der Waals surface area (Å²) in [5, 5.41) is 12.1. The second-order valence-corrected chi connectivity index (χ2v) is 13.2. The van der Waals surface area contributed by atoms with Crippen molar-refractivity contribution >= 4 is 33.2 Å². The highest BCUT2D eigenvalue weighted by Gasteiger charge is 2.36. The van der Waals surface area contributed by atoms with E-state index in [2.05, 4.69) is 15.0 Å². The Bertz CT molecular complexity index is 1170. The maximum absolute atomic E-state index is 13.0. The summed E-state index contributed by atoms with van der Waals surface area (Å²) in [7, 11) is -3.73. The standard InChI is InChI=1S/C23H31N3O5S2/c1-22(2,3)16-11-13(7-8-18(16)33(30,31)26-23(4,5)6)17-12-24-20(32-17)19(27)25-15-9-14(10-15)21(28)29/h7-8,11-12,14-15,26H,9-10H2,1-6H3,(H,25,27)(H,28,29). The lowest BCUT2D eigenvalue weighted by Gasteiger charge is -2.32. The van der Waals surface area contributed by atoms with E-state index in [1.165, 1.54) is 11.3 Å². The predicted octanol–water partition coefficient (Wildman–Crippen LogP) is 3.78. The first-order valence-electron chi connectivity index (χ1n) is 10.8. The summed E-state index contributed by atoms with van der Waals surface area (Å²) in [4.78, 5) is 28.7.